The van der Waals surface area contributed by atoms with E-state index in [0.29, 0.717) is 0 Å². The zero-order valence-electron chi connectivity index (χ0n) is 10.4. The number of pyridine rings is 1. The van der Waals surface area contributed by atoms with Gasteiger partial charge < -0.3 is 0 Å². The van der Waals surface area contributed by atoms with Crippen molar-refractivity contribution in [2.75, 3.05) is 0 Å². The van der Waals surface area contributed by atoms with Crippen LogP contribution in [0.1, 0.15) is 32.0 Å². The molecule has 1 aromatic carbocycles. The average molecular weight is 357 g/mol. The molecule has 0 unspecified atom stereocenters. The van der Waals surface area contributed by atoms with E-state index < -0.39 is 0 Å². The minimum absolute atomic E-state index is 0.147. The molecule has 0 radical (unpaired) electrons. The molecule has 0 aliphatic heterocycles. The summed E-state index contributed by atoms with van der Waals surface area (Å²) < 4.78 is 2.12. The van der Waals surface area contributed by atoms with Gasteiger partial charge in [0.25, 0.3) is 0 Å². The Balaban J connectivity index is 2.78. The van der Waals surface area contributed by atoms with Crippen molar-refractivity contribution in [2.45, 2.75) is 33.1 Å². The Hall–Kier alpha value is -0.410. The van der Waals surface area contributed by atoms with Crippen LogP contribution < -0.4 is 0 Å². The summed E-state index contributed by atoms with van der Waals surface area (Å²) in [5.74, 6) is 0. The third kappa shape index (κ3) is 2.55. The molecule has 2 aromatic rings. The van der Waals surface area contributed by atoms with E-state index >= 15 is 0 Å². The lowest BCUT2D eigenvalue weighted by atomic mass is 9.86. The third-order valence-electron chi connectivity index (χ3n) is 2.87. The van der Waals surface area contributed by atoms with Crippen molar-refractivity contribution in [3.63, 3.8) is 0 Å². The Kier molecular flexibility index (Phi) is 3.34. The fourth-order valence-electron chi connectivity index (χ4n) is 1.74. The number of aromatic nitrogens is 1. The van der Waals surface area contributed by atoms with Crippen LogP contribution in [0.2, 0.25) is 0 Å². The second kappa shape index (κ2) is 4.36. The molecule has 1 heterocycles. The highest BCUT2D eigenvalue weighted by atomic mass is 79.9. The molecule has 0 amide bonds. The van der Waals surface area contributed by atoms with Crippen molar-refractivity contribution >= 4 is 42.8 Å². The van der Waals surface area contributed by atoms with Crippen molar-refractivity contribution < 1.29 is 0 Å². The Morgan fingerprint density at radius 3 is 2.24 bits per heavy atom. The Labute approximate surface area is 119 Å². The van der Waals surface area contributed by atoms with Gasteiger partial charge in [-0.1, -0.05) is 20.8 Å². The number of benzene rings is 1. The predicted octanol–water partition coefficient (Wildman–Crippen LogP) is 5.37. The predicted molar refractivity (Wildman–Crippen MR) is 80.6 cm³/mol. The van der Waals surface area contributed by atoms with Gasteiger partial charge in [-0.25, -0.2) is 0 Å². The van der Waals surface area contributed by atoms with Crippen LogP contribution in [-0.2, 0) is 5.41 Å². The van der Waals surface area contributed by atoms with Gasteiger partial charge in [0, 0.05) is 14.3 Å². The Morgan fingerprint density at radius 1 is 1.00 bits per heavy atom. The summed E-state index contributed by atoms with van der Waals surface area (Å²) in [5, 5.41) is 1.17. The van der Waals surface area contributed by atoms with Gasteiger partial charge in [0.05, 0.1) is 11.2 Å². The third-order valence-corrected chi connectivity index (χ3v) is 4.27. The lowest BCUT2D eigenvalue weighted by Gasteiger charge is -2.20. The molecule has 17 heavy (non-hydrogen) atoms. The molecule has 1 aromatic heterocycles. The lowest BCUT2D eigenvalue weighted by molar-refractivity contribution is 0.590. The summed E-state index contributed by atoms with van der Waals surface area (Å²) >= 11 is 7.16. The fraction of sp³-hybridized carbons (Fsp3) is 0.357. The van der Waals surface area contributed by atoms with Crippen LogP contribution in [-0.4, -0.2) is 4.98 Å². The van der Waals surface area contributed by atoms with E-state index in [2.05, 4.69) is 75.8 Å². The van der Waals surface area contributed by atoms with Crippen molar-refractivity contribution in [1.29, 1.82) is 0 Å². The standard InChI is InChI=1S/C14H15Br2N/c1-8-11(15)6-9-5-10(14(2,3)4)7-12(16)13(9)17-8/h5-7H,1-4H3. The molecule has 0 saturated carbocycles. The maximum absolute atomic E-state index is 4.60. The number of hydrogen-bond acceptors (Lipinski definition) is 1. The van der Waals surface area contributed by atoms with Gasteiger partial charge in [0.1, 0.15) is 0 Å². The second-order valence-electron chi connectivity index (χ2n) is 5.34. The maximum Gasteiger partial charge on any atom is 0.0848 e. The number of aryl methyl sites for hydroxylation is 1. The van der Waals surface area contributed by atoms with Gasteiger partial charge >= 0.3 is 0 Å². The van der Waals surface area contributed by atoms with Crippen LogP contribution in [0.15, 0.2) is 27.1 Å². The lowest BCUT2D eigenvalue weighted by Crippen LogP contribution is -2.11. The van der Waals surface area contributed by atoms with Crippen molar-refractivity contribution in [2.24, 2.45) is 0 Å². The first-order valence-corrected chi connectivity index (χ1v) is 7.14. The van der Waals surface area contributed by atoms with Crippen molar-refractivity contribution in [3.05, 3.63) is 38.4 Å². The number of fused-ring (bicyclic) bond motifs is 1. The molecule has 0 bridgehead atoms. The molecule has 2 rings (SSSR count). The molecule has 90 valence electrons. The summed E-state index contributed by atoms with van der Waals surface area (Å²) in [6.45, 7) is 8.67. The van der Waals surface area contributed by atoms with Crippen LogP contribution in [0.3, 0.4) is 0 Å². The summed E-state index contributed by atoms with van der Waals surface area (Å²) in [6, 6.07) is 6.53. The van der Waals surface area contributed by atoms with E-state index in [4.69, 9.17) is 0 Å². The first kappa shape index (κ1) is 13.0. The Bertz CT molecular complexity index is 583. The summed E-state index contributed by atoms with van der Waals surface area (Å²) in [6.07, 6.45) is 0. The van der Waals surface area contributed by atoms with E-state index in [1.165, 1.54) is 10.9 Å². The van der Waals surface area contributed by atoms with Crippen LogP contribution >= 0.6 is 31.9 Å². The molecular formula is C14H15Br2N. The van der Waals surface area contributed by atoms with Crippen molar-refractivity contribution in [3.8, 4) is 0 Å². The van der Waals surface area contributed by atoms with Crippen LogP contribution in [0, 0.1) is 6.92 Å². The fourth-order valence-corrected chi connectivity index (χ4v) is 2.64. The van der Waals surface area contributed by atoms with E-state index in [-0.39, 0.29) is 5.41 Å². The molecule has 0 saturated heterocycles. The van der Waals surface area contributed by atoms with E-state index in [1.54, 1.807) is 0 Å². The number of rotatable bonds is 0. The molecule has 0 atom stereocenters. The number of nitrogens with zero attached hydrogens (tertiary/aromatic N) is 1. The minimum atomic E-state index is 0.147. The summed E-state index contributed by atoms with van der Waals surface area (Å²) in [7, 11) is 0. The first-order chi connectivity index (χ1) is 7.79. The second-order valence-corrected chi connectivity index (χ2v) is 7.04. The van der Waals surface area contributed by atoms with Gasteiger partial charge in [-0.15, -0.1) is 0 Å². The van der Waals surface area contributed by atoms with E-state index in [1.807, 2.05) is 6.92 Å². The van der Waals surface area contributed by atoms with Gasteiger partial charge in [-0.3, -0.25) is 4.98 Å². The molecule has 0 aliphatic rings. The van der Waals surface area contributed by atoms with E-state index in [9.17, 15) is 0 Å². The number of halogens is 2. The zero-order chi connectivity index (χ0) is 12.8. The zero-order valence-corrected chi connectivity index (χ0v) is 13.6. The quantitative estimate of drug-likeness (QED) is 0.618. The highest BCUT2D eigenvalue weighted by molar-refractivity contribution is 9.11. The van der Waals surface area contributed by atoms with Gasteiger partial charge in [0.15, 0.2) is 0 Å². The Morgan fingerprint density at radius 2 is 1.65 bits per heavy atom. The van der Waals surface area contributed by atoms with Gasteiger partial charge in [-0.2, -0.15) is 0 Å². The average Bonchev–Trinajstić information content (AvgIpc) is 2.19. The molecule has 0 aliphatic carbocycles. The van der Waals surface area contributed by atoms with Crippen LogP contribution in [0.5, 0.6) is 0 Å². The SMILES string of the molecule is Cc1nc2c(Br)cc(C(C)(C)C)cc2cc1Br. The monoisotopic (exact) mass is 355 g/mol. The number of hydrogen-bond donors (Lipinski definition) is 0. The molecule has 0 fully saturated rings. The van der Waals surface area contributed by atoms with Crippen LogP contribution in [0.4, 0.5) is 0 Å². The largest absolute Gasteiger partial charge is 0.251 e. The molecule has 0 spiro atoms. The molecule has 3 heteroatoms. The topological polar surface area (TPSA) is 12.9 Å². The molecule has 0 N–H and O–H groups in total. The summed E-state index contributed by atoms with van der Waals surface area (Å²) in [4.78, 5) is 4.60. The summed E-state index contributed by atoms with van der Waals surface area (Å²) in [5.41, 5.74) is 3.50. The first-order valence-electron chi connectivity index (χ1n) is 5.56. The van der Waals surface area contributed by atoms with Gasteiger partial charge in [-0.05, 0) is 68.0 Å². The highest BCUT2D eigenvalue weighted by Gasteiger charge is 2.16. The van der Waals surface area contributed by atoms with Crippen molar-refractivity contribution in [1.82, 2.24) is 4.98 Å². The normalized spacial score (nSPS) is 12.1. The minimum Gasteiger partial charge on any atom is -0.251 e. The molecular weight excluding hydrogens is 342 g/mol. The van der Waals surface area contributed by atoms with Gasteiger partial charge in [0.2, 0.25) is 0 Å². The smallest absolute Gasteiger partial charge is 0.0848 e. The molecule has 1 nitrogen and oxygen atoms in total. The van der Waals surface area contributed by atoms with E-state index in [0.717, 1.165) is 20.2 Å². The van der Waals surface area contributed by atoms with Crippen LogP contribution in [0.25, 0.3) is 10.9 Å². The maximum atomic E-state index is 4.60. The highest BCUT2D eigenvalue weighted by Crippen LogP contribution is 2.32.